The lowest BCUT2D eigenvalue weighted by Crippen LogP contribution is -2.32. The zero-order valence-corrected chi connectivity index (χ0v) is 9.65. The average Bonchev–Trinajstić information content (AvgIpc) is 2.25. The number of ether oxygens (including phenoxy) is 1. The molecule has 0 fully saturated rings. The van der Waals surface area contributed by atoms with E-state index < -0.39 is 24.2 Å². The molecule has 0 N–H and O–H groups in total. The fourth-order valence-corrected chi connectivity index (χ4v) is 1.32. The third-order valence-corrected chi connectivity index (χ3v) is 2.20. The minimum Gasteiger partial charge on any atom is -0.468 e. The van der Waals surface area contributed by atoms with Crippen LogP contribution >= 0.6 is 0 Å². The summed E-state index contributed by atoms with van der Waals surface area (Å²) in [4.78, 5) is 15.4. The zero-order valence-electron chi connectivity index (χ0n) is 9.65. The van der Waals surface area contributed by atoms with Crippen LogP contribution in [0.1, 0.15) is 5.69 Å². The third-order valence-electron chi connectivity index (χ3n) is 2.20. The molecule has 0 saturated heterocycles. The molecule has 1 aromatic rings. The summed E-state index contributed by atoms with van der Waals surface area (Å²) < 4.78 is 42.8. The van der Waals surface area contributed by atoms with Gasteiger partial charge >= 0.3 is 6.18 Å². The Morgan fingerprint density at radius 1 is 1.61 bits per heavy atom. The van der Waals surface area contributed by atoms with Gasteiger partial charge < -0.3 is 4.74 Å². The summed E-state index contributed by atoms with van der Waals surface area (Å²) in [7, 11) is 1.19. The fraction of sp³-hybridized carbons (Fsp3) is 0.500. The van der Waals surface area contributed by atoms with Gasteiger partial charge in [0.25, 0.3) is 11.6 Å². The number of nitrogens with zero attached hydrogens (tertiary/aromatic N) is 3. The number of rotatable bonds is 3. The Morgan fingerprint density at radius 3 is 2.67 bits per heavy atom. The summed E-state index contributed by atoms with van der Waals surface area (Å²) in [6, 6.07) is 1.95. The highest BCUT2D eigenvalue weighted by molar-refractivity contribution is 5.07. The predicted octanol–water partition coefficient (Wildman–Crippen LogP) is 1.26. The Hall–Kier alpha value is -2.04. The highest BCUT2D eigenvalue weighted by atomic mass is 19.4. The van der Waals surface area contributed by atoms with E-state index in [2.05, 4.69) is 4.98 Å². The number of hydrogen-bond acceptors (Lipinski definition) is 4. The Morgan fingerprint density at radius 2 is 2.22 bits per heavy atom. The molecule has 8 heteroatoms. The second kappa shape index (κ2) is 5.08. The minimum absolute atomic E-state index is 0.246. The first-order valence-corrected chi connectivity index (χ1v) is 4.88. The van der Waals surface area contributed by atoms with Crippen LogP contribution in [0.5, 0.6) is 6.01 Å². The maximum atomic E-state index is 12.5. The van der Waals surface area contributed by atoms with E-state index in [4.69, 9.17) is 10.00 Å². The van der Waals surface area contributed by atoms with Gasteiger partial charge in [-0.1, -0.05) is 0 Å². The predicted molar refractivity (Wildman–Crippen MR) is 54.9 cm³/mol. The Kier molecular flexibility index (Phi) is 3.96. The molecule has 1 unspecified atom stereocenters. The first-order chi connectivity index (χ1) is 8.29. The SMILES string of the molecule is COc1nc(C)cc(=O)n1CC(C#N)C(F)(F)F. The van der Waals surface area contributed by atoms with Gasteiger partial charge in [0.1, 0.15) is 0 Å². The van der Waals surface area contributed by atoms with Crippen LogP contribution in [-0.2, 0) is 6.54 Å². The van der Waals surface area contributed by atoms with Crippen LogP contribution in [0.15, 0.2) is 10.9 Å². The summed E-state index contributed by atoms with van der Waals surface area (Å²) >= 11 is 0. The first-order valence-electron chi connectivity index (χ1n) is 4.88. The van der Waals surface area contributed by atoms with Crippen molar-refractivity contribution in [3.05, 3.63) is 22.1 Å². The van der Waals surface area contributed by atoms with Crippen molar-refractivity contribution in [2.45, 2.75) is 19.6 Å². The van der Waals surface area contributed by atoms with Crippen molar-refractivity contribution < 1.29 is 17.9 Å². The lowest BCUT2D eigenvalue weighted by atomic mass is 10.1. The molecule has 0 radical (unpaired) electrons. The molecular formula is C10H10F3N3O2. The molecule has 0 amide bonds. The molecule has 0 aliphatic rings. The van der Waals surface area contributed by atoms with Crippen molar-refractivity contribution >= 4 is 0 Å². The van der Waals surface area contributed by atoms with E-state index in [1.165, 1.54) is 14.0 Å². The summed E-state index contributed by atoms with van der Waals surface area (Å²) in [5.41, 5.74) is -0.363. The summed E-state index contributed by atoms with van der Waals surface area (Å²) in [5, 5.41) is 8.49. The smallest absolute Gasteiger partial charge is 0.406 e. The van der Waals surface area contributed by atoms with Crippen LogP contribution in [0, 0.1) is 24.2 Å². The minimum atomic E-state index is -4.70. The Labute approximate surface area is 100 Å². The molecular weight excluding hydrogens is 251 g/mol. The largest absolute Gasteiger partial charge is 0.468 e. The highest BCUT2D eigenvalue weighted by Crippen LogP contribution is 2.27. The second-order valence-electron chi connectivity index (χ2n) is 3.56. The normalized spacial score (nSPS) is 12.9. The van der Waals surface area contributed by atoms with E-state index in [1.54, 1.807) is 0 Å². The monoisotopic (exact) mass is 261 g/mol. The van der Waals surface area contributed by atoms with Crippen LogP contribution in [0.3, 0.4) is 0 Å². The lowest BCUT2D eigenvalue weighted by Gasteiger charge is -2.16. The molecule has 98 valence electrons. The van der Waals surface area contributed by atoms with E-state index in [0.717, 1.165) is 12.1 Å². The first kappa shape index (κ1) is 14.0. The molecule has 1 heterocycles. The fourth-order valence-electron chi connectivity index (χ4n) is 1.32. The molecule has 18 heavy (non-hydrogen) atoms. The van der Waals surface area contributed by atoms with Crippen molar-refractivity contribution in [3.8, 4) is 12.1 Å². The van der Waals surface area contributed by atoms with Gasteiger partial charge in [-0.05, 0) is 6.92 Å². The number of alkyl halides is 3. The van der Waals surface area contributed by atoms with Gasteiger partial charge in [-0.3, -0.25) is 9.36 Å². The summed E-state index contributed by atoms with van der Waals surface area (Å²) in [6.45, 7) is 0.676. The number of halogens is 3. The zero-order chi connectivity index (χ0) is 13.9. The molecule has 0 aliphatic heterocycles. The lowest BCUT2D eigenvalue weighted by molar-refractivity contribution is -0.162. The van der Waals surface area contributed by atoms with Crippen LogP contribution < -0.4 is 10.3 Å². The van der Waals surface area contributed by atoms with Gasteiger partial charge in [-0.2, -0.15) is 18.4 Å². The number of hydrogen-bond donors (Lipinski definition) is 0. The van der Waals surface area contributed by atoms with Crippen molar-refractivity contribution in [3.63, 3.8) is 0 Å². The average molecular weight is 261 g/mol. The van der Waals surface area contributed by atoms with Gasteiger partial charge in [-0.25, -0.2) is 4.98 Å². The maximum Gasteiger partial charge on any atom is 0.406 e. The van der Waals surface area contributed by atoms with E-state index >= 15 is 0 Å². The molecule has 1 rings (SSSR count). The highest BCUT2D eigenvalue weighted by Gasteiger charge is 2.40. The van der Waals surface area contributed by atoms with E-state index in [9.17, 15) is 18.0 Å². The third kappa shape index (κ3) is 3.00. The molecule has 0 saturated carbocycles. The van der Waals surface area contributed by atoms with Gasteiger partial charge in [0.15, 0.2) is 5.92 Å². The van der Waals surface area contributed by atoms with Crippen molar-refractivity contribution in [1.82, 2.24) is 9.55 Å². The number of aromatic nitrogens is 2. The Bertz CT molecular complexity index is 531. The number of methoxy groups -OCH3 is 1. The van der Waals surface area contributed by atoms with Crippen molar-refractivity contribution in [2.75, 3.05) is 7.11 Å². The van der Waals surface area contributed by atoms with Gasteiger partial charge in [0.05, 0.1) is 19.7 Å². The standard InChI is InChI=1S/C10H10F3N3O2/c1-6-3-8(17)16(9(15-6)18-2)5-7(4-14)10(11,12)13/h3,7H,5H2,1-2H3. The van der Waals surface area contributed by atoms with E-state index in [1.807, 2.05) is 0 Å². The summed E-state index contributed by atoms with van der Waals surface area (Å²) in [6.07, 6.45) is -4.70. The van der Waals surface area contributed by atoms with Crippen LogP contribution in [0.2, 0.25) is 0 Å². The molecule has 1 atom stereocenters. The molecule has 0 bridgehead atoms. The van der Waals surface area contributed by atoms with Crippen LogP contribution in [0.4, 0.5) is 13.2 Å². The van der Waals surface area contributed by atoms with Crippen molar-refractivity contribution in [1.29, 1.82) is 5.26 Å². The molecule has 1 aromatic heterocycles. The molecule has 0 aromatic carbocycles. The maximum absolute atomic E-state index is 12.5. The van der Waals surface area contributed by atoms with Crippen molar-refractivity contribution in [2.24, 2.45) is 5.92 Å². The molecule has 0 spiro atoms. The number of aryl methyl sites for hydroxylation is 1. The molecule has 5 nitrogen and oxygen atoms in total. The topological polar surface area (TPSA) is 67.9 Å². The van der Waals surface area contributed by atoms with Crippen LogP contribution in [-0.4, -0.2) is 22.8 Å². The Balaban J connectivity index is 3.19. The van der Waals surface area contributed by atoms with Gasteiger partial charge in [0.2, 0.25) is 0 Å². The van der Waals surface area contributed by atoms with Crippen LogP contribution in [0.25, 0.3) is 0 Å². The molecule has 0 aliphatic carbocycles. The summed E-state index contributed by atoms with van der Waals surface area (Å²) in [5.74, 6) is -2.28. The quantitative estimate of drug-likeness (QED) is 0.821. The number of nitriles is 1. The van der Waals surface area contributed by atoms with Gasteiger partial charge in [-0.15, -0.1) is 0 Å². The second-order valence-corrected chi connectivity index (χ2v) is 3.56. The van der Waals surface area contributed by atoms with E-state index in [-0.39, 0.29) is 6.01 Å². The van der Waals surface area contributed by atoms with E-state index in [0.29, 0.717) is 10.3 Å². The van der Waals surface area contributed by atoms with Gasteiger partial charge in [0, 0.05) is 11.8 Å².